The van der Waals surface area contributed by atoms with E-state index in [9.17, 15) is 9.59 Å². The minimum atomic E-state index is -0.968. The molecule has 1 heterocycles. The maximum atomic E-state index is 11.9. The fourth-order valence-electron chi connectivity index (χ4n) is 2.08. The number of aromatic carboxylic acids is 1. The Labute approximate surface area is 122 Å². The zero-order valence-electron chi connectivity index (χ0n) is 12.0. The maximum absolute atomic E-state index is 11.9. The minimum absolute atomic E-state index is 0.244. The summed E-state index contributed by atoms with van der Waals surface area (Å²) in [7, 11) is 0. The van der Waals surface area contributed by atoms with Gasteiger partial charge in [0.15, 0.2) is 0 Å². The van der Waals surface area contributed by atoms with Crippen LogP contribution < -0.4 is 0 Å². The Hall–Kier alpha value is -2.56. The van der Waals surface area contributed by atoms with Gasteiger partial charge in [0, 0.05) is 17.6 Å². The molecule has 110 valence electrons. The zero-order valence-corrected chi connectivity index (χ0v) is 12.0. The first kappa shape index (κ1) is 14.8. The van der Waals surface area contributed by atoms with Crippen LogP contribution in [0.25, 0.3) is 5.69 Å². The van der Waals surface area contributed by atoms with Crippen LogP contribution in [-0.4, -0.2) is 28.2 Å². The van der Waals surface area contributed by atoms with Gasteiger partial charge in [-0.25, -0.2) is 9.59 Å². The summed E-state index contributed by atoms with van der Waals surface area (Å²) in [6.07, 6.45) is 2.44. The first-order valence-electron chi connectivity index (χ1n) is 6.73. The molecule has 0 aliphatic carbocycles. The second kappa shape index (κ2) is 6.26. The average molecular weight is 287 g/mol. The number of carboxylic acid groups (broad SMARTS) is 1. The summed E-state index contributed by atoms with van der Waals surface area (Å²) in [5.74, 6) is -1.34. The summed E-state index contributed by atoms with van der Waals surface area (Å²) >= 11 is 0. The molecule has 21 heavy (non-hydrogen) atoms. The summed E-state index contributed by atoms with van der Waals surface area (Å²) in [4.78, 5) is 22.9. The highest BCUT2D eigenvalue weighted by Crippen LogP contribution is 2.18. The van der Waals surface area contributed by atoms with Gasteiger partial charge in [0.2, 0.25) is 0 Å². The monoisotopic (exact) mass is 287 g/mol. The van der Waals surface area contributed by atoms with Gasteiger partial charge in [-0.05, 0) is 37.6 Å². The van der Waals surface area contributed by atoms with Crippen molar-refractivity contribution in [1.29, 1.82) is 0 Å². The van der Waals surface area contributed by atoms with E-state index < -0.39 is 5.97 Å². The summed E-state index contributed by atoms with van der Waals surface area (Å²) in [5, 5.41) is 9.08. The molecule has 1 aromatic heterocycles. The van der Waals surface area contributed by atoms with Gasteiger partial charge in [0.25, 0.3) is 0 Å². The highest BCUT2D eigenvalue weighted by Gasteiger charge is 2.13. The average Bonchev–Trinajstić information content (AvgIpc) is 2.86. The van der Waals surface area contributed by atoms with Crippen LogP contribution in [0.2, 0.25) is 0 Å². The second-order valence-electron chi connectivity index (χ2n) is 4.68. The molecule has 0 fully saturated rings. The van der Waals surface area contributed by atoms with Crippen molar-refractivity contribution >= 4 is 11.9 Å². The molecule has 0 bridgehead atoms. The summed E-state index contributed by atoms with van der Waals surface area (Å²) < 4.78 is 6.84. The Kier molecular flexibility index (Phi) is 4.42. The number of esters is 1. The van der Waals surface area contributed by atoms with Crippen LogP contribution in [0.4, 0.5) is 0 Å². The van der Waals surface area contributed by atoms with Crippen molar-refractivity contribution in [3.05, 3.63) is 53.3 Å². The largest absolute Gasteiger partial charge is 0.478 e. The lowest BCUT2D eigenvalue weighted by Gasteiger charge is -2.09. The summed E-state index contributed by atoms with van der Waals surface area (Å²) in [6.45, 7) is 4.04. The maximum Gasteiger partial charge on any atom is 0.338 e. The van der Waals surface area contributed by atoms with Crippen LogP contribution in [0.3, 0.4) is 0 Å². The van der Waals surface area contributed by atoms with E-state index in [0.29, 0.717) is 17.9 Å². The van der Waals surface area contributed by atoms with Gasteiger partial charge < -0.3 is 14.4 Å². The molecule has 0 unspecified atom stereocenters. The Morgan fingerprint density at radius 2 is 2.05 bits per heavy atom. The predicted octanol–water partition coefficient (Wildman–Crippen LogP) is 3.05. The molecule has 2 rings (SSSR count). The molecule has 5 nitrogen and oxygen atoms in total. The lowest BCUT2D eigenvalue weighted by molar-refractivity contribution is 0.0504. The number of carboxylic acids is 1. The van der Waals surface area contributed by atoms with Gasteiger partial charge in [-0.2, -0.15) is 0 Å². The van der Waals surface area contributed by atoms with Gasteiger partial charge in [0.1, 0.15) is 0 Å². The van der Waals surface area contributed by atoms with E-state index in [1.807, 2.05) is 13.0 Å². The SMILES string of the molecule is CCCOC(=O)c1cccc(-n2ccc(C(=O)O)c2C)c1. The smallest absolute Gasteiger partial charge is 0.338 e. The van der Waals surface area contributed by atoms with Gasteiger partial charge in [0.05, 0.1) is 17.7 Å². The van der Waals surface area contributed by atoms with E-state index in [1.165, 1.54) is 0 Å². The second-order valence-corrected chi connectivity index (χ2v) is 4.68. The molecule has 5 heteroatoms. The number of rotatable bonds is 5. The lowest BCUT2D eigenvalue weighted by atomic mass is 10.2. The van der Waals surface area contributed by atoms with E-state index in [-0.39, 0.29) is 11.5 Å². The van der Waals surface area contributed by atoms with Crippen molar-refractivity contribution < 1.29 is 19.4 Å². The number of carbonyl (C=O) groups excluding carboxylic acids is 1. The normalized spacial score (nSPS) is 10.4. The van der Waals surface area contributed by atoms with Crippen molar-refractivity contribution in [3.63, 3.8) is 0 Å². The summed E-state index contributed by atoms with van der Waals surface area (Å²) in [6, 6.07) is 8.47. The number of hydrogen-bond acceptors (Lipinski definition) is 3. The van der Waals surface area contributed by atoms with Gasteiger partial charge >= 0.3 is 11.9 Å². The molecule has 0 radical (unpaired) electrons. The molecule has 0 aliphatic rings. The topological polar surface area (TPSA) is 68.5 Å². The van der Waals surface area contributed by atoms with Gasteiger partial charge in [-0.1, -0.05) is 13.0 Å². The van der Waals surface area contributed by atoms with Gasteiger partial charge in [-0.3, -0.25) is 0 Å². The molecule has 0 amide bonds. The minimum Gasteiger partial charge on any atom is -0.478 e. The lowest BCUT2D eigenvalue weighted by Crippen LogP contribution is -2.07. The first-order chi connectivity index (χ1) is 10.0. The predicted molar refractivity (Wildman–Crippen MR) is 78.0 cm³/mol. The Bertz CT molecular complexity index is 673. The zero-order chi connectivity index (χ0) is 15.4. The third-order valence-corrected chi connectivity index (χ3v) is 3.17. The quantitative estimate of drug-likeness (QED) is 0.858. The van der Waals surface area contributed by atoms with Crippen molar-refractivity contribution in [2.45, 2.75) is 20.3 Å². The van der Waals surface area contributed by atoms with Crippen molar-refractivity contribution in [2.24, 2.45) is 0 Å². The van der Waals surface area contributed by atoms with Crippen LogP contribution in [0.1, 0.15) is 39.8 Å². The standard InChI is InChI=1S/C16H17NO4/c1-3-9-21-16(20)12-5-4-6-13(10-12)17-8-7-14(11(17)2)15(18)19/h4-8,10H,3,9H2,1-2H3,(H,18,19). The number of nitrogens with zero attached hydrogens (tertiary/aromatic N) is 1. The molecule has 2 aromatic rings. The first-order valence-corrected chi connectivity index (χ1v) is 6.73. The Morgan fingerprint density at radius 3 is 2.67 bits per heavy atom. The summed E-state index contributed by atoms with van der Waals surface area (Å²) in [5.41, 5.74) is 2.03. The van der Waals surface area contributed by atoms with Gasteiger partial charge in [-0.15, -0.1) is 0 Å². The molecular formula is C16H17NO4. The van der Waals surface area contributed by atoms with Crippen LogP contribution >= 0.6 is 0 Å². The van der Waals surface area contributed by atoms with E-state index in [0.717, 1.165) is 12.1 Å². The van der Waals surface area contributed by atoms with Crippen molar-refractivity contribution in [2.75, 3.05) is 6.61 Å². The Morgan fingerprint density at radius 1 is 1.29 bits per heavy atom. The van der Waals surface area contributed by atoms with Crippen molar-refractivity contribution in [3.8, 4) is 5.69 Å². The molecule has 1 aromatic carbocycles. The van der Waals surface area contributed by atoms with E-state index in [2.05, 4.69) is 0 Å². The Balaban J connectivity index is 2.33. The van der Waals surface area contributed by atoms with Crippen LogP contribution in [0.15, 0.2) is 36.5 Å². The number of hydrogen-bond donors (Lipinski definition) is 1. The van der Waals surface area contributed by atoms with Crippen LogP contribution in [-0.2, 0) is 4.74 Å². The van der Waals surface area contributed by atoms with Crippen LogP contribution in [0.5, 0.6) is 0 Å². The number of benzene rings is 1. The van der Waals surface area contributed by atoms with E-state index >= 15 is 0 Å². The molecule has 0 spiro atoms. The highest BCUT2D eigenvalue weighted by molar-refractivity contribution is 5.90. The molecule has 0 atom stereocenters. The van der Waals surface area contributed by atoms with E-state index in [1.54, 1.807) is 42.0 Å². The third-order valence-electron chi connectivity index (χ3n) is 3.17. The molecule has 0 saturated carbocycles. The number of aromatic nitrogens is 1. The molecular weight excluding hydrogens is 270 g/mol. The van der Waals surface area contributed by atoms with Crippen LogP contribution in [0, 0.1) is 6.92 Å². The molecule has 0 saturated heterocycles. The third kappa shape index (κ3) is 3.13. The number of carbonyl (C=O) groups is 2. The fourth-order valence-corrected chi connectivity index (χ4v) is 2.08. The van der Waals surface area contributed by atoms with E-state index in [4.69, 9.17) is 9.84 Å². The molecule has 1 N–H and O–H groups in total. The molecule has 0 aliphatic heterocycles. The number of ether oxygens (including phenoxy) is 1. The van der Waals surface area contributed by atoms with Crippen molar-refractivity contribution in [1.82, 2.24) is 4.57 Å². The fraction of sp³-hybridized carbons (Fsp3) is 0.250. The highest BCUT2D eigenvalue weighted by atomic mass is 16.5.